The van der Waals surface area contributed by atoms with E-state index >= 15 is 0 Å². The molecule has 0 aromatic rings. The van der Waals surface area contributed by atoms with Gasteiger partial charge in [-0.3, -0.25) is 4.79 Å². The standard InChI is InChI=1S/C16H34NO.BF4/c1-5-9-10-11-12-13-14-16(18)15-17(6-2,7-3)8-4;2-1(3,4)5/h5-15H2,1-4H3;/q+1;-1. The second-order valence-electron chi connectivity index (χ2n) is 6.00. The highest BCUT2D eigenvalue weighted by Crippen LogP contribution is 2.11. The summed E-state index contributed by atoms with van der Waals surface area (Å²) in [5.74, 6) is 0.469. The summed E-state index contributed by atoms with van der Waals surface area (Å²) in [6.45, 7) is 12.8. The minimum absolute atomic E-state index is 0.469. The summed E-state index contributed by atoms with van der Waals surface area (Å²) >= 11 is 0. The summed E-state index contributed by atoms with van der Waals surface area (Å²) in [6.07, 6.45) is 8.40. The van der Waals surface area contributed by atoms with E-state index in [1.54, 1.807) is 0 Å². The van der Waals surface area contributed by atoms with Gasteiger partial charge < -0.3 is 21.7 Å². The Morgan fingerprint density at radius 1 is 0.783 bits per heavy atom. The van der Waals surface area contributed by atoms with E-state index in [1.165, 1.54) is 32.1 Å². The average Bonchev–Trinajstić information content (AvgIpc) is 2.47. The van der Waals surface area contributed by atoms with Gasteiger partial charge in [0.25, 0.3) is 0 Å². The van der Waals surface area contributed by atoms with Gasteiger partial charge in [0.2, 0.25) is 0 Å². The fourth-order valence-corrected chi connectivity index (χ4v) is 2.56. The highest BCUT2D eigenvalue weighted by Gasteiger charge is 2.24. The number of ketones is 1. The number of hydrogen-bond acceptors (Lipinski definition) is 1. The van der Waals surface area contributed by atoms with Crippen LogP contribution in [-0.2, 0) is 4.79 Å². The van der Waals surface area contributed by atoms with Gasteiger partial charge in [0, 0.05) is 6.42 Å². The van der Waals surface area contributed by atoms with Gasteiger partial charge in [0.1, 0.15) is 6.54 Å². The van der Waals surface area contributed by atoms with E-state index in [4.69, 9.17) is 0 Å². The summed E-state index contributed by atoms with van der Waals surface area (Å²) in [7, 11) is -6.00. The predicted octanol–water partition coefficient (Wildman–Crippen LogP) is 5.48. The van der Waals surface area contributed by atoms with Gasteiger partial charge in [-0.25, -0.2) is 0 Å². The first kappa shape index (κ1) is 24.7. The molecule has 0 rings (SSSR count). The van der Waals surface area contributed by atoms with Crippen molar-refractivity contribution in [2.45, 2.75) is 72.6 Å². The zero-order valence-corrected chi connectivity index (χ0v) is 15.2. The third-order valence-electron chi connectivity index (χ3n) is 4.33. The molecule has 0 unspecified atom stereocenters. The Labute approximate surface area is 139 Å². The van der Waals surface area contributed by atoms with Gasteiger partial charge in [-0.2, -0.15) is 0 Å². The maximum absolute atomic E-state index is 12.0. The van der Waals surface area contributed by atoms with Crippen LogP contribution in [0.15, 0.2) is 0 Å². The third-order valence-corrected chi connectivity index (χ3v) is 4.33. The van der Waals surface area contributed by atoms with Gasteiger partial charge in [-0.15, -0.1) is 0 Å². The van der Waals surface area contributed by atoms with Crippen molar-refractivity contribution in [2.75, 3.05) is 26.2 Å². The van der Waals surface area contributed by atoms with Crippen molar-refractivity contribution in [2.24, 2.45) is 0 Å². The lowest BCUT2D eigenvalue weighted by Gasteiger charge is -2.35. The lowest BCUT2D eigenvalue weighted by molar-refractivity contribution is -0.915. The number of Topliss-reactive ketones (excluding diaryl/α,β-unsaturated/α-hetero) is 1. The lowest BCUT2D eigenvalue weighted by atomic mass is 10.1. The molecule has 0 amide bonds. The fourth-order valence-electron chi connectivity index (χ4n) is 2.56. The van der Waals surface area contributed by atoms with Crippen molar-refractivity contribution >= 4 is 13.0 Å². The van der Waals surface area contributed by atoms with Crippen LogP contribution in [0, 0.1) is 0 Å². The average molecular weight is 343 g/mol. The number of hydrogen-bond donors (Lipinski definition) is 0. The van der Waals surface area contributed by atoms with Crippen molar-refractivity contribution in [3.8, 4) is 0 Å². The zero-order valence-electron chi connectivity index (χ0n) is 15.2. The largest absolute Gasteiger partial charge is 0.673 e. The quantitative estimate of drug-likeness (QED) is 0.198. The van der Waals surface area contributed by atoms with Crippen LogP contribution >= 0.6 is 0 Å². The number of nitrogens with zero attached hydrogens (tertiary/aromatic N) is 1. The Balaban J connectivity index is 0. The monoisotopic (exact) mass is 343 g/mol. The van der Waals surface area contributed by atoms with Crippen molar-refractivity contribution in [3.05, 3.63) is 0 Å². The summed E-state index contributed by atoms with van der Waals surface area (Å²) in [4.78, 5) is 12.0. The van der Waals surface area contributed by atoms with Gasteiger partial charge >= 0.3 is 7.25 Å². The van der Waals surface area contributed by atoms with Gasteiger partial charge in [-0.05, 0) is 27.2 Å². The van der Waals surface area contributed by atoms with Gasteiger partial charge in [0.15, 0.2) is 5.78 Å². The van der Waals surface area contributed by atoms with Crippen LogP contribution in [-0.4, -0.2) is 43.7 Å². The second kappa shape index (κ2) is 13.8. The summed E-state index contributed by atoms with van der Waals surface area (Å²) < 4.78 is 40.0. The number of rotatable bonds is 12. The van der Waals surface area contributed by atoms with E-state index in [0.717, 1.165) is 43.5 Å². The van der Waals surface area contributed by atoms with E-state index in [9.17, 15) is 22.1 Å². The molecule has 0 bridgehead atoms. The molecular weight excluding hydrogens is 309 g/mol. The van der Waals surface area contributed by atoms with Crippen LogP contribution in [0.2, 0.25) is 0 Å². The Hall–Kier alpha value is -0.585. The van der Waals surface area contributed by atoms with Crippen LogP contribution in [0.1, 0.15) is 72.6 Å². The Morgan fingerprint density at radius 2 is 1.17 bits per heavy atom. The highest BCUT2D eigenvalue weighted by atomic mass is 19.5. The number of quaternary nitrogens is 1. The third kappa shape index (κ3) is 17.6. The van der Waals surface area contributed by atoms with E-state index in [1.807, 2.05) is 0 Å². The molecule has 0 heterocycles. The summed E-state index contributed by atoms with van der Waals surface area (Å²) in [5.41, 5.74) is 0. The molecule has 0 aromatic heterocycles. The second-order valence-corrected chi connectivity index (χ2v) is 6.00. The summed E-state index contributed by atoms with van der Waals surface area (Å²) in [6, 6.07) is 0. The molecule has 23 heavy (non-hydrogen) atoms. The normalized spacial score (nSPS) is 11.8. The number of carbonyl (C=O) groups is 1. The van der Waals surface area contributed by atoms with Crippen LogP contribution < -0.4 is 0 Å². The van der Waals surface area contributed by atoms with Crippen LogP contribution in [0.3, 0.4) is 0 Å². The Kier molecular flexibility index (Phi) is 14.8. The van der Waals surface area contributed by atoms with Crippen molar-refractivity contribution in [3.63, 3.8) is 0 Å². The van der Waals surface area contributed by atoms with Crippen molar-refractivity contribution in [1.82, 2.24) is 0 Å². The first-order valence-electron chi connectivity index (χ1n) is 8.88. The molecule has 0 N–H and O–H groups in total. The molecular formula is C16H34BF4NO. The molecule has 0 fully saturated rings. The summed E-state index contributed by atoms with van der Waals surface area (Å²) in [5, 5.41) is 0. The Bertz CT molecular complexity index is 280. The van der Waals surface area contributed by atoms with Crippen LogP contribution in [0.4, 0.5) is 17.3 Å². The lowest BCUT2D eigenvalue weighted by Crippen LogP contribution is -2.50. The molecule has 0 aromatic carbocycles. The molecule has 0 aliphatic carbocycles. The highest BCUT2D eigenvalue weighted by molar-refractivity contribution is 6.50. The van der Waals surface area contributed by atoms with Crippen LogP contribution in [0.25, 0.3) is 0 Å². The van der Waals surface area contributed by atoms with E-state index in [2.05, 4.69) is 27.7 Å². The number of carbonyl (C=O) groups excluding carboxylic acids is 1. The van der Waals surface area contributed by atoms with Crippen molar-refractivity contribution < 1.29 is 26.5 Å². The molecule has 0 radical (unpaired) electrons. The molecule has 140 valence electrons. The first-order valence-corrected chi connectivity index (χ1v) is 8.88. The molecule has 0 aliphatic rings. The molecule has 0 aliphatic heterocycles. The number of likely N-dealkylation sites (N-methyl/N-ethyl adjacent to an activating group) is 1. The zero-order chi connectivity index (χ0) is 18.4. The smallest absolute Gasteiger partial charge is 0.418 e. The van der Waals surface area contributed by atoms with Crippen LogP contribution in [0.5, 0.6) is 0 Å². The molecule has 0 atom stereocenters. The molecule has 7 heteroatoms. The Morgan fingerprint density at radius 3 is 1.57 bits per heavy atom. The predicted molar refractivity (Wildman–Crippen MR) is 89.9 cm³/mol. The maximum atomic E-state index is 12.0. The van der Waals surface area contributed by atoms with E-state index in [-0.39, 0.29) is 0 Å². The fraction of sp³-hybridized carbons (Fsp3) is 0.938. The number of unbranched alkanes of at least 4 members (excludes halogenated alkanes) is 5. The SMILES string of the molecule is CCCCCCCCC(=O)C[N+](CC)(CC)CC.F[B-](F)(F)F. The van der Waals surface area contributed by atoms with E-state index in [0.29, 0.717) is 5.78 Å². The van der Waals surface area contributed by atoms with Gasteiger partial charge in [-0.1, -0.05) is 39.0 Å². The van der Waals surface area contributed by atoms with Crippen molar-refractivity contribution in [1.29, 1.82) is 0 Å². The molecule has 0 saturated carbocycles. The van der Waals surface area contributed by atoms with E-state index < -0.39 is 7.25 Å². The topological polar surface area (TPSA) is 17.1 Å². The minimum atomic E-state index is -6.00. The molecule has 2 nitrogen and oxygen atoms in total. The maximum Gasteiger partial charge on any atom is 0.673 e. The first-order chi connectivity index (χ1) is 10.6. The molecule has 0 saturated heterocycles. The number of halogens is 4. The van der Waals surface area contributed by atoms with Gasteiger partial charge in [0.05, 0.1) is 19.6 Å². The molecule has 0 spiro atoms. The minimum Gasteiger partial charge on any atom is -0.418 e.